The molecule has 0 saturated heterocycles. The summed E-state index contributed by atoms with van der Waals surface area (Å²) in [6, 6.07) is 19.3. The van der Waals surface area contributed by atoms with E-state index in [1.54, 1.807) is 6.26 Å². The van der Waals surface area contributed by atoms with Gasteiger partial charge in [0, 0.05) is 21.6 Å². The first-order chi connectivity index (χ1) is 8.68. The summed E-state index contributed by atoms with van der Waals surface area (Å²) < 4.78 is 14.4. The third-order valence-electron chi connectivity index (χ3n) is 2.50. The van der Waals surface area contributed by atoms with Crippen LogP contribution in [0, 0.1) is 0 Å². The predicted molar refractivity (Wildman–Crippen MR) is 75.9 cm³/mol. The standard InChI is InChI=1S/C14H16N2OS/c1-18(17,14-10-6-3-7-11-14)16-15-12-13-8-4-2-5-9-13/h2-11,17H,12H2,1H3. The smallest absolute Gasteiger partial charge is 0.0860 e. The molecule has 3 nitrogen and oxygen atoms in total. The lowest BCUT2D eigenvalue weighted by Crippen LogP contribution is -1.92. The lowest BCUT2D eigenvalue weighted by molar-refractivity contribution is 0.628. The van der Waals surface area contributed by atoms with Crippen LogP contribution in [0.25, 0.3) is 0 Å². The van der Waals surface area contributed by atoms with E-state index in [0.717, 1.165) is 10.5 Å². The van der Waals surface area contributed by atoms with Crippen LogP contribution in [-0.2, 0) is 6.54 Å². The summed E-state index contributed by atoms with van der Waals surface area (Å²) in [5.74, 6) is 0. The van der Waals surface area contributed by atoms with Crippen LogP contribution in [0.3, 0.4) is 0 Å². The summed E-state index contributed by atoms with van der Waals surface area (Å²) >= 11 is 0. The van der Waals surface area contributed by atoms with Gasteiger partial charge < -0.3 is 4.55 Å². The van der Waals surface area contributed by atoms with Crippen molar-refractivity contribution >= 4 is 10.5 Å². The van der Waals surface area contributed by atoms with Crippen molar-refractivity contribution < 1.29 is 4.55 Å². The molecule has 0 fully saturated rings. The van der Waals surface area contributed by atoms with Crippen LogP contribution in [-0.4, -0.2) is 10.8 Å². The molecule has 0 saturated carbocycles. The van der Waals surface area contributed by atoms with E-state index >= 15 is 0 Å². The molecule has 0 aliphatic heterocycles. The summed E-state index contributed by atoms with van der Waals surface area (Å²) in [6.45, 7) is 0.497. The first-order valence-electron chi connectivity index (χ1n) is 5.67. The second-order valence-electron chi connectivity index (χ2n) is 4.01. The van der Waals surface area contributed by atoms with Gasteiger partial charge in [-0.2, -0.15) is 5.11 Å². The van der Waals surface area contributed by atoms with Crippen molar-refractivity contribution in [3.63, 3.8) is 0 Å². The van der Waals surface area contributed by atoms with Gasteiger partial charge in [0.25, 0.3) is 0 Å². The Morgan fingerprint density at radius 3 is 2.11 bits per heavy atom. The van der Waals surface area contributed by atoms with Crippen LogP contribution in [0.2, 0.25) is 0 Å². The highest BCUT2D eigenvalue weighted by atomic mass is 32.3. The van der Waals surface area contributed by atoms with Gasteiger partial charge in [0.2, 0.25) is 0 Å². The van der Waals surface area contributed by atoms with E-state index in [2.05, 4.69) is 9.63 Å². The summed E-state index contributed by atoms with van der Waals surface area (Å²) in [5, 5.41) is 4.10. The summed E-state index contributed by atoms with van der Waals surface area (Å²) in [5.41, 5.74) is 1.09. The van der Waals surface area contributed by atoms with Crippen molar-refractivity contribution in [2.75, 3.05) is 6.26 Å². The van der Waals surface area contributed by atoms with Crippen molar-refractivity contribution in [3.8, 4) is 0 Å². The highest BCUT2D eigenvalue weighted by Crippen LogP contribution is 2.50. The van der Waals surface area contributed by atoms with Gasteiger partial charge in [-0.1, -0.05) is 48.5 Å². The molecule has 0 spiro atoms. The minimum absolute atomic E-state index is 0.497. The molecule has 0 amide bonds. The van der Waals surface area contributed by atoms with Crippen LogP contribution in [0.1, 0.15) is 5.56 Å². The van der Waals surface area contributed by atoms with Gasteiger partial charge in [-0.3, -0.25) is 0 Å². The average Bonchev–Trinajstić information content (AvgIpc) is 2.41. The lowest BCUT2D eigenvalue weighted by Gasteiger charge is -2.22. The van der Waals surface area contributed by atoms with Crippen molar-refractivity contribution in [3.05, 3.63) is 66.2 Å². The molecule has 0 radical (unpaired) electrons. The van der Waals surface area contributed by atoms with E-state index in [-0.39, 0.29) is 0 Å². The molecular weight excluding hydrogens is 244 g/mol. The van der Waals surface area contributed by atoms with Crippen molar-refractivity contribution in [2.45, 2.75) is 11.4 Å². The highest BCUT2D eigenvalue weighted by Gasteiger charge is 2.14. The summed E-state index contributed by atoms with van der Waals surface area (Å²) in [6.07, 6.45) is 1.72. The molecule has 1 N–H and O–H groups in total. The van der Waals surface area contributed by atoms with Crippen molar-refractivity contribution in [1.29, 1.82) is 0 Å². The number of rotatable bonds is 4. The molecule has 0 heterocycles. The Kier molecular flexibility index (Phi) is 4.12. The second kappa shape index (κ2) is 5.80. The third kappa shape index (κ3) is 3.42. The fourth-order valence-corrected chi connectivity index (χ4v) is 2.58. The fourth-order valence-electron chi connectivity index (χ4n) is 1.53. The molecule has 0 aliphatic rings. The van der Waals surface area contributed by atoms with Crippen molar-refractivity contribution in [2.24, 2.45) is 9.63 Å². The molecule has 0 aliphatic carbocycles. The number of hydrogen-bond acceptors (Lipinski definition) is 3. The van der Waals surface area contributed by atoms with Crippen LogP contribution >= 0.6 is 10.5 Å². The van der Waals surface area contributed by atoms with E-state index in [0.29, 0.717) is 6.54 Å². The maximum atomic E-state index is 10.3. The Hall–Kier alpha value is -1.65. The predicted octanol–water partition coefficient (Wildman–Crippen LogP) is 4.52. The van der Waals surface area contributed by atoms with Gasteiger partial charge in [0.15, 0.2) is 0 Å². The minimum Gasteiger partial charge on any atom is -0.326 e. The maximum absolute atomic E-state index is 10.3. The monoisotopic (exact) mass is 260 g/mol. The minimum atomic E-state index is -2.17. The molecule has 1 atom stereocenters. The van der Waals surface area contributed by atoms with E-state index < -0.39 is 10.5 Å². The first-order valence-corrected chi connectivity index (χ1v) is 7.62. The number of benzene rings is 2. The molecule has 4 heteroatoms. The number of nitrogens with zero attached hydrogens (tertiary/aromatic N) is 2. The van der Waals surface area contributed by atoms with Gasteiger partial charge in [0.05, 0.1) is 6.54 Å². The molecule has 18 heavy (non-hydrogen) atoms. The molecule has 2 aromatic rings. The molecule has 2 aromatic carbocycles. The largest absolute Gasteiger partial charge is 0.326 e. The van der Waals surface area contributed by atoms with Crippen LogP contribution in [0.4, 0.5) is 0 Å². The zero-order chi connectivity index (χ0) is 12.8. The molecular formula is C14H16N2OS. The third-order valence-corrected chi connectivity index (χ3v) is 4.10. The van der Waals surface area contributed by atoms with E-state index in [1.807, 2.05) is 60.7 Å². The Balaban J connectivity index is 2.05. The SMILES string of the molecule is CS(O)(N=NCc1ccccc1)c1ccccc1. The van der Waals surface area contributed by atoms with Gasteiger partial charge in [-0.05, 0) is 17.7 Å². The van der Waals surface area contributed by atoms with Crippen LogP contribution < -0.4 is 0 Å². The summed E-state index contributed by atoms with van der Waals surface area (Å²) in [7, 11) is -2.17. The van der Waals surface area contributed by atoms with Crippen LogP contribution in [0.5, 0.6) is 0 Å². The summed E-state index contributed by atoms with van der Waals surface area (Å²) in [4.78, 5) is 0.821. The molecule has 94 valence electrons. The highest BCUT2D eigenvalue weighted by molar-refractivity contribution is 8.27. The lowest BCUT2D eigenvalue weighted by atomic mass is 10.2. The zero-order valence-electron chi connectivity index (χ0n) is 10.2. The quantitative estimate of drug-likeness (QED) is 0.807. The van der Waals surface area contributed by atoms with Gasteiger partial charge >= 0.3 is 0 Å². The van der Waals surface area contributed by atoms with Gasteiger partial charge in [0.1, 0.15) is 0 Å². The Labute approximate surface area is 109 Å². The molecule has 0 bridgehead atoms. The maximum Gasteiger partial charge on any atom is 0.0860 e. The normalized spacial score (nSPS) is 16.3. The van der Waals surface area contributed by atoms with Crippen molar-refractivity contribution in [1.82, 2.24) is 0 Å². The average molecular weight is 260 g/mol. The molecule has 1 unspecified atom stereocenters. The Morgan fingerprint density at radius 1 is 0.944 bits per heavy atom. The zero-order valence-corrected chi connectivity index (χ0v) is 11.0. The molecule has 0 aromatic heterocycles. The van der Waals surface area contributed by atoms with Gasteiger partial charge in [-0.25, -0.2) is 0 Å². The Morgan fingerprint density at radius 2 is 1.50 bits per heavy atom. The van der Waals surface area contributed by atoms with E-state index in [1.165, 1.54) is 0 Å². The van der Waals surface area contributed by atoms with E-state index in [4.69, 9.17) is 0 Å². The molecule has 2 rings (SSSR count). The fraction of sp³-hybridized carbons (Fsp3) is 0.143. The van der Waals surface area contributed by atoms with Crippen LogP contribution in [0.15, 0.2) is 75.2 Å². The second-order valence-corrected chi connectivity index (χ2v) is 6.32. The topological polar surface area (TPSA) is 45.0 Å². The van der Waals surface area contributed by atoms with E-state index in [9.17, 15) is 4.55 Å². The van der Waals surface area contributed by atoms with Gasteiger partial charge in [-0.15, -0.1) is 4.52 Å². The first kappa shape index (κ1) is 12.8. The number of hydrogen-bond donors (Lipinski definition) is 1. The Bertz CT molecular complexity index is 512.